The van der Waals surface area contributed by atoms with E-state index in [4.69, 9.17) is 9.47 Å². The summed E-state index contributed by atoms with van der Waals surface area (Å²) < 4.78 is 11.1. The molecule has 0 rings (SSSR count). The molecule has 282 valence electrons. The number of rotatable bonds is 39. The average Bonchev–Trinajstić information content (AvgIpc) is 3.09. The van der Waals surface area contributed by atoms with E-state index in [9.17, 15) is 9.90 Å². The number of aliphatic hydroxyl groups is 1. The van der Waals surface area contributed by atoms with Crippen LogP contribution in [0.2, 0.25) is 0 Å². The molecule has 0 aliphatic carbocycles. The van der Waals surface area contributed by atoms with Crippen LogP contribution in [0.25, 0.3) is 0 Å². The molecular weight excluding hydrogens is 592 g/mol. The summed E-state index contributed by atoms with van der Waals surface area (Å²) in [5, 5.41) is 9.59. The van der Waals surface area contributed by atoms with Crippen molar-refractivity contribution in [3.05, 3.63) is 36.5 Å². The summed E-state index contributed by atoms with van der Waals surface area (Å²) in [6.07, 6.45) is 52.1. The minimum absolute atomic E-state index is 0.176. The lowest BCUT2D eigenvalue weighted by atomic mass is 10.0. The van der Waals surface area contributed by atoms with Crippen LogP contribution in [0.1, 0.15) is 213 Å². The molecule has 4 nitrogen and oxygen atoms in total. The minimum Gasteiger partial charge on any atom is -0.457 e. The number of aliphatic hydroxyl groups excluding tert-OH is 1. The highest BCUT2D eigenvalue weighted by Crippen LogP contribution is 2.15. The van der Waals surface area contributed by atoms with Crippen molar-refractivity contribution in [3.63, 3.8) is 0 Å². The van der Waals surface area contributed by atoms with E-state index in [-0.39, 0.29) is 12.6 Å². The lowest BCUT2D eigenvalue weighted by molar-refractivity contribution is -0.154. The predicted molar refractivity (Wildman–Crippen MR) is 210 cm³/mol. The van der Waals surface area contributed by atoms with Crippen molar-refractivity contribution in [1.82, 2.24) is 0 Å². The molecule has 48 heavy (non-hydrogen) atoms. The van der Waals surface area contributed by atoms with Gasteiger partial charge >= 0.3 is 5.97 Å². The number of hydrogen-bond acceptors (Lipinski definition) is 4. The smallest absolute Gasteiger partial charge is 0.306 e. The van der Waals surface area contributed by atoms with Crippen LogP contribution in [0.15, 0.2) is 36.5 Å². The Morgan fingerprint density at radius 3 is 1.42 bits per heavy atom. The van der Waals surface area contributed by atoms with Gasteiger partial charge in [-0.3, -0.25) is 4.79 Å². The second-order valence-electron chi connectivity index (χ2n) is 14.0. The lowest BCUT2D eigenvalue weighted by Gasteiger charge is -2.15. The van der Waals surface area contributed by atoms with E-state index in [1.807, 2.05) is 0 Å². The summed E-state index contributed by atoms with van der Waals surface area (Å²) >= 11 is 0. The zero-order chi connectivity index (χ0) is 34.9. The maximum atomic E-state index is 12.2. The topological polar surface area (TPSA) is 55.8 Å². The molecule has 0 aliphatic rings. The van der Waals surface area contributed by atoms with Crippen molar-refractivity contribution in [2.45, 2.75) is 219 Å². The van der Waals surface area contributed by atoms with Gasteiger partial charge in [0.05, 0.1) is 13.2 Å². The van der Waals surface area contributed by atoms with Crippen LogP contribution in [0.3, 0.4) is 0 Å². The zero-order valence-corrected chi connectivity index (χ0v) is 32.3. The van der Waals surface area contributed by atoms with E-state index < -0.39 is 6.10 Å². The van der Waals surface area contributed by atoms with E-state index in [0.29, 0.717) is 19.6 Å². The molecule has 0 aromatic rings. The SMILES string of the molecule is CC/C=C\C/C=C\C/C=C\CCCCCCCC(=O)OC(CO)COCCCCCCCCCCCCCCCCCCCCCCC. The van der Waals surface area contributed by atoms with Gasteiger partial charge in [-0.1, -0.05) is 198 Å². The zero-order valence-electron chi connectivity index (χ0n) is 32.3. The highest BCUT2D eigenvalue weighted by molar-refractivity contribution is 5.69. The Labute approximate surface area is 300 Å². The third-order valence-corrected chi connectivity index (χ3v) is 9.23. The maximum absolute atomic E-state index is 12.2. The molecule has 0 aromatic heterocycles. The normalized spacial score (nSPS) is 12.6. The highest BCUT2D eigenvalue weighted by atomic mass is 16.6. The van der Waals surface area contributed by atoms with Crippen LogP contribution in [0.5, 0.6) is 0 Å². The van der Waals surface area contributed by atoms with Crippen molar-refractivity contribution in [3.8, 4) is 0 Å². The van der Waals surface area contributed by atoms with Gasteiger partial charge in [0, 0.05) is 13.0 Å². The van der Waals surface area contributed by atoms with Crippen LogP contribution >= 0.6 is 0 Å². The molecule has 0 spiro atoms. The number of hydrogen-bond donors (Lipinski definition) is 1. The fraction of sp³-hybridized carbons (Fsp3) is 0.841. The number of allylic oxidation sites excluding steroid dienone is 6. The Bertz CT molecular complexity index is 713. The fourth-order valence-electron chi connectivity index (χ4n) is 6.11. The van der Waals surface area contributed by atoms with Crippen molar-refractivity contribution in [2.24, 2.45) is 0 Å². The van der Waals surface area contributed by atoms with Crippen LogP contribution in [-0.4, -0.2) is 37.0 Å². The molecule has 1 N–H and O–H groups in total. The highest BCUT2D eigenvalue weighted by Gasteiger charge is 2.13. The molecule has 0 saturated heterocycles. The number of carbonyl (C=O) groups excluding carboxylic acids is 1. The maximum Gasteiger partial charge on any atom is 0.306 e. The van der Waals surface area contributed by atoms with Gasteiger partial charge in [-0.25, -0.2) is 0 Å². The predicted octanol–water partition coefficient (Wildman–Crippen LogP) is 13.7. The molecule has 0 aliphatic heterocycles. The molecule has 4 heteroatoms. The van der Waals surface area contributed by atoms with Crippen molar-refractivity contribution in [1.29, 1.82) is 0 Å². The number of ether oxygens (including phenoxy) is 2. The minimum atomic E-state index is -0.540. The Kier molecular flexibility index (Phi) is 40.6. The van der Waals surface area contributed by atoms with Crippen LogP contribution < -0.4 is 0 Å². The van der Waals surface area contributed by atoms with E-state index in [2.05, 4.69) is 50.3 Å². The van der Waals surface area contributed by atoms with E-state index >= 15 is 0 Å². The van der Waals surface area contributed by atoms with E-state index in [1.54, 1.807) is 0 Å². The van der Waals surface area contributed by atoms with Crippen molar-refractivity contribution >= 4 is 5.97 Å². The molecule has 0 bridgehead atoms. The van der Waals surface area contributed by atoms with Gasteiger partial charge in [-0.05, 0) is 44.9 Å². The van der Waals surface area contributed by atoms with E-state index in [1.165, 1.54) is 141 Å². The van der Waals surface area contributed by atoms with Gasteiger partial charge in [0.25, 0.3) is 0 Å². The number of esters is 1. The first kappa shape index (κ1) is 46.6. The summed E-state index contributed by atoms with van der Waals surface area (Å²) in [6.45, 7) is 5.24. The number of carbonyl (C=O) groups is 1. The largest absolute Gasteiger partial charge is 0.457 e. The first-order valence-corrected chi connectivity index (χ1v) is 21.1. The summed E-state index contributed by atoms with van der Waals surface area (Å²) in [7, 11) is 0. The molecule has 0 amide bonds. The molecule has 1 atom stereocenters. The Morgan fingerprint density at radius 1 is 0.521 bits per heavy atom. The first-order chi connectivity index (χ1) is 23.7. The lowest BCUT2D eigenvalue weighted by Crippen LogP contribution is -2.27. The monoisotopic (exact) mass is 675 g/mol. The summed E-state index contributed by atoms with van der Waals surface area (Å²) in [5.41, 5.74) is 0. The second kappa shape index (κ2) is 41.8. The van der Waals surface area contributed by atoms with Crippen molar-refractivity contribution < 1.29 is 19.4 Å². The molecule has 0 radical (unpaired) electrons. The van der Waals surface area contributed by atoms with Gasteiger partial charge in [-0.2, -0.15) is 0 Å². The average molecular weight is 675 g/mol. The Balaban J connectivity index is 3.40. The Hall–Kier alpha value is -1.39. The standard InChI is InChI=1S/C44H82O4/c1-3-5-7-9-11-13-15-17-19-20-21-22-23-24-26-28-30-32-34-36-38-40-47-42-43(41-45)48-44(46)39-37-35-33-31-29-27-25-18-16-14-12-10-8-6-4-2/h6,8,12,14,18,25,43,45H,3-5,7,9-11,13,15-17,19-24,26-42H2,1-2H3/b8-6-,14-12-,25-18-. The van der Waals surface area contributed by atoms with Gasteiger partial charge in [-0.15, -0.1) is 0 Å². The third-order valence-electron chi connectivity index (χ3n) is 9.23. The number of unbranched alkanes of at least 4 members (excludes halogenated alkanes) is 25. The quantitative estimate of drug-likeness (QED) is 0.0400. The molecular formula is C44H82O4. The van der Waals surface area contributed by atoms with Crippen LogP contribution in [0, 0.1) is 0 Å². The molecule has 0 heterocycles. The van der Waals surface area contributed by atoms with Gasteiger partial charge < -0.3 is 14.6 Å². The molecule has 0 saturated carbocycles. The second-order valence-corrected chi connectivity index (χ2v) is 14.0. The van der Waals surface area contributed by atoms with Gasteiger partial charge in [0.1, 0.15) is 6.10 Å². The van der Waals surface area contributed by atoms with Crippen LogP contribution in [-0.2, 0) is 14.3 Å². The third kappa shape index (κ3) is 39.1. The molecule has 0 fully saturated rings. The van der Waals surface area contributed by atoms with Gasteiger partial charge in [0.15, 0.2) is 0 Å². The van der Waals surface area contributed by atoms with Crippen molar-refractivity contribution in [2.75, 3.05) is 19.8 Å². The van der Waals surface area contributed by atoms with Gasteiger partial charge in [0.2, 0.25) is 0 Å². The molecule has 0 aromatic carbocycles. The Morgan fingerprint density at radius 2 is 0.938 bits per heavy atom. The first-order valence-electron chi connectivity index (χ1n) is 21.1. The fourth-order valence-corrected chi connectivity index (χ4v) is 6.11. The molecule has 1 unspecified atom stereocenters. The van der Waals surface area contributed by atoms with E-state index in [0.717, 1.165) is 51.4 Å². The summed E-state index contributed by atoms with van der Waals surface area (Å²) in [6, 6.07) is 0. The summed E-state index contributed by atoms with van der Waals surface area (Å²) in [4.78, 5) is 12.2. The van der Waals surface area contributed by atoms with Crippen LogP contribution in [0.4, 0.5) is 0 Å². The summed E-state index contributed by atoms with van der Waals surface area (Å²) in [5.74, 6) is -0.215.